The van der Waals surface area contributed by atoms with Crippen molar-refractivity contribution in [2.45, 2.75) is 0 Å². The van der Waals surface area contributed by atoms with Gasteiger partial charge < -0.3 is 4.57 Å². The van der Waals surface area contributed by atoms with Crippen molar-refractivity contribution in [2.75, 3.05) is 0 Å². The highest BCUT2D eigenvalue weighted by Crippen LogP contribution is 2.32. The van der Waals surface area contributed by atoms with E-state index in [0.29, 0.717) is 0 Å². The topological polar surface area (TPSA) is 4.93 Å². The van der Waals surface area contributed by atoms with Gasteiger partial charge in [0.05, 0.1) is 11.0 Å². The Bertz CT molecular complexity index is 2540. The molecule has 10 aromatic rings. The van der Waals surface area contributed by atoms with E-state index in [1.807, 2.05) is 0 Å². The molecule has 270 valence electrons. The van der Waals surface area contributed by atoms with Crippen LogP contribution in [0.15, 0.2) is 249 Å². The fourth-order valence-corrected chi connectivity index (χ4v) is 19.3. The molecule has 3 heteroatoms. The summed E-state index contributed by atoms with van der Waals surface area (Å²) in [5.74, 6) is 0. The Morgan fingerprint density at radius 3 is 0.754 bits per heavy atom. The Kier molecular flexibility index (Phi) is 8.95. The molecule has 1 nitrogen and oxygen atoms in total. The molecular formula is C54H41NSi2. The molecule has 10 rings (SSSR count). The zero-order valence-corrected chi connectivity index (χ0v) is 33.6. The highest BCUT2D eigenvalue weighted by Gasteiger charge is 2.46. The molecule has 0 bridgehead atoms. The second-order valence-electron chi connectivity index (χ2n) is 14.8. The van der Waals surface area contributed by atoms with E-state index in [-0.39, 0.29) is 0 Å². The summed E-state index contributed by atoms with van der Waals surface area (Å²) < 4.78 is 2.53. The van der Waals surface area contributed by atoms with Crippen LogP contribution in [-0.2, 0) is 0 Å². The predicted molar refractivity (Wildman–Crippen MR) is 248 cm³/mol. The molecule has 0 spiro atoms. The van der Waals surface area contributed by atoms with Crippen LogP contribution in [0, 0.1) is 0 Å². The van der Waals surface area contributed by atoms with E-state index in [4.69, 9.17) is 0 Å². The third kappa shape index (κ3) is 5.66. The maximum absolute atomic E-state index is 2.98. The number of hydrogen-bond acceptors (Lipinski definition) is 0. The van der Waals surface area contributed by atoms with Gasteiger partial charge in [0.15, 0.2) is 16.1 Å². The summed E-state index contributed by atoms with van der Waals surface area (Å²) in [5, 5.41) is 13.4. The molecule has 1 aromatic heterocycles. The molecular weight excluding hydrogens is 719 g/mol. The van der Waals surface area contributed by atoms with Gasteiger partial charge in [-0.15, -0.1) is 0 Å². The van der Waals surface area contributed by atoms with Gasteiger partial charge >= 0.3 is 0 Å². The average molecular weight is 760 g/mol. The van der Waals surface area contributed by atoms with Crippen LogP contribution in [0.4, 0.5) is 0 Å². The van der Waals surface area contributed by atoms with Gasteiger partial charge in [0.2, 0.25) is 0 Å². The van der Waals surface area contributed by atoms with Gasteiger partial charge in [-0.1, -0.05) is 224 Å². The van der Waals surface area contributed by atoms with E-state index >= 15 is 0 Å². The average Bonchev–Trinajstić information content (AvgIpc) is 3.64. The van der Waals surface area contributed by atoms with Crippen molar-refractivity contribution in [2.24, 2.45) is 0 Å². The monoisotopic (exact) mass is 759 g/mol. The molecule has 0 amide bonds. The minimum atomic E-state index is -2.98. The van der Waals surface area contributed by atoms with Crippen molar-refractivity contribution >= 4 is 79.4 Å². The number of nitrogens with zero attached hydrogens (tertiary/aromatic N) is 1. The fraction of sp³-hybridized carbons (Fsp3) is 0. The van der Waals surface area contributed by atoms with Crippen molar-refractivity contribution in [1.82, 2.24) is 4.57 Å². The van der Waals surface area contributed by atoms with Crippen LogP contribution in [0.1, 0.15) is 0 Å². The lowest BCUT2D eigenvalue weighted by Crippen LogP contribution is -2.78. The molecule has 0 aliphatic rings. The molecule has 0 atom stereocenters. The van der Waals surface area contributed by atoms with Crippen molar-refractivity contribution in [3.8, 4) is 5.69 Å². The van der Waals surface area contributed by atoms with Crippen LogP contribution in [-0.4, -0.2) is 20.7 Å². The first-order valence-electron chi connectivity index (χ1n) is 19.8. The van der Waals surface area contributed by atoms with Crippen LogP contribution in [0.2, 0.25) is 0 Å². The van der Waals surface area contributed by atoms with E-state index in [1.165, 1.54) is 69.0 Å². The summed E-state index contributed by atoms with van der Waals surface area (Å²) in [6, 6.07) is 93.5. The van der Waals surface area contributed by atoms with Crippen LogP contribution >= 0.6 is 0 Å². The maximum atomic E-state index is 2.63. The Labute approximate surface area is 336 Å². The third-order valence-electron chi connectivity index (χ3n) is 11.9. The van der Waals surface area contributed by atoms with Crippen molar-refractivity contribution in [1.29, 1.82) is 0 Å². The molecule has 0 N–H and O–H groups in total. The zero-order chi connectivity index (χ0) is 38.1. The van der Waals surface area contributed by atoms with Crippen molar-refractivity contribution in [3.05, 3.63) is 249 Å². The molecule has 1 heterocycles. The number of fused-ring (bicyclic) bond motifs is 3. The fourth-order valence-electron chi connectivity index (χ4n) is 9.50. The van der Waals surface area contributed by atoms with Crippen molar-refractivity contribution in [3.63, 3.8) is 0 Å². The molecule has 0 saturated heterocycles. The lowest BCUT2D eigenvalue weighted by Gasteiger charge is -2.38. The number of aromatic nitrogens is 1. The molecule has 0 saturated carbocycles. The molecule has 0 aliphatic carbocycles. The Morgan fingerprint density at radius 1 is 0.228 bits per heavy atom. The summed E-state index contributed by atoms with van der Waals surface area (Å²) in [4.78, 5) is 0. The Hall–Kier alpha value is -6.79. The first-order chi connectivity index (χ1) is 28.3. The van der Waals surface area contributed by atoms with Crippen molar-refractivity contribution < 1.29 is 0 Å². The van der Waals surface area contributed by atoms with Gasteiger partial charge in [0.25, 0.3) is 0 Å². The quantitative estimate of drug-likeness (QED) is 0.106. The molecule has 0 unspecified atom stereocenters. The predicted octanol–water partition coefficient (Wildman–Crippen LogP) is 7.54. The molecule has 0 aliphatic heterocycles. The SMILES string of the molecule is c1ccc([Si](c2ccccc2)(c2ccccc2)c2cc(-n3c4ccccc4c4ccccc43)cc([Si](c3ccccc3)(c3ccccc3)c3ccccc3)c2)cc1. The molecule has 0 fully saturated rings. The van der Waals surface area contributed by atoms with E-state index < -0.39 is 16.1 Å². The number of benzene rings is 9. The van der Waals surface area contributed by atoms with Gasteiger partial charge in [-0.2, -0.15) is 0 Å². The Morgan fingerprint density at radius 2 is 0.474 bits per heavy atom. The summed E-state index contributed by atoms with van der Waals surface area (Å²) in [6.07, 6.45) is 0. The molecule has 9 aromatic carbocycles. The normalized spacial score (nSPS) is 11.9. The lowest BCUT2D eigenvalue weighted by molar-refractivity contribution is 1.19. The van der Waals surface area contributed by atoms with Gasteiger partial charge in [0, 0.05) is 16.5 Å². The van der Waals surface area contributed by atoms with Crippen LogP contribution < -0.4 is 41.5 Å². The van der Waals surface area contributed by atoms with Crippen LogP contribution in [0.25, 0.3) is 27.5 Å². The van der Waals surface area contributed by atoms with E-state index in [0.717, 1.165) is 0 Å². The van der Waals surface area contributed by atoms with Gasteiger partial charge in [0.1, 0.15) is 0 Å². The largest absolute Gasteiger partial charge is 0.309 e. The van der Waals surface area contributed by atoms with Gasteiger partial charge in [-0.05, 0) is 65.8 Å². The summed E-state index contributed by atoms with van der Waals surface area (Å²) >= 11 is 0. The molecule has 0 radical (unpaired) electrons. The van der Waals surface area contributed by atoms with Crippen LogP contribution in [0.3, 0.4) is 0 Å². The number of hydrogen-bond donors (Lipinski definition) is 0. The second kappa shape index (κ2) is 14.7. The van der Waals surface area contributed by atoms with Gasteiger partial charge in [-0.3, -0.25) is 0 Å². The van der Waals surface area contributed by atoms with Gasteiger partial charge in [-0.25, -0.2) is 0 Å². The second-order valence-corrected chi connectivity index (χ2v) is 22.5. The lowest BCUT2D eigenvalue weighted by atomic mass is 10.2. The maximum Gasteiger partial charge on any atom is 0.179 e. The van der Waals surface area contributed by atoms with Crippen LogP contribution in [0.5, 0.6) is 0 Å². The number of rotatable bonds is 9. The highest BCUT2D eigenvalue weighted by molar-refractivity contribution is 7.22. The summed E-state index contributed by atoms with van der Waals surface area (Å²) in [6.45, 7) is 0. The van der Waals surface area contributed by atoms with E-state index in [1.54, 1.807) is 0 Å². The van der Waals surface area contributed by atoms with E-state index in [2.05, 4.69) is 253 Å². The first-order valence-corrected chi connectivity index (χ1v) is 23.8. The standard InChI is InChI=1S/C54H41NSi2/c1-7-23-43(24-8-1)56(44-25-9-2-10-26-44,45-27-11-3-12-28-45)49-39-42(55-53-37-21-19-35-51(53)52-36-20-22-38-54(52)55)40-50(41-49)57(46-29-13-4-14-30-46,47-31-15-5-16-32-47)48-33-17-6-18-34-48/h1-41H. The minimum absolute atomic E-state index is 1.18. The smallest absolute Gasteiger partial charge is 0.179 e. The first kappa shape index (κ1) is 34.7. The number of para-hydroxylation sites is 2. The molecule has 57 heavy (non-hydrogen) atoms. The highest BCUT2D eigenvalue weighted by atomic mass is 28.3. The summed E-state index contributed by atoms with van der Waals surface area (Å²) in [5.41, 5.74) is 3.60. The minimum Gasteiger partial charge on any atom is -0.309 e. The Balaban J connectivity index is 1.44. The summed E-state index contributed by atoms with van der Waals surface area (Å²) in [7, 11) is -5.97. The van der Waals surface area contributed by atoms with E-state index in [9.17, 15) is 0 Å². The third-order valence-corrected chi connectivity index (χ3v) is 21.4. The zero-order valence-electron chi connectivity index (χ0n) is 31.6.